The molecule has 3 aromatic carbocycles. The molecule has 0 fully saturated rings. The molecule has 0 spiro atoms. The maximum atomic E-state index is 12.0. The predicted molar refractivity (Wildman–Crippen MR) is 117 cm³/mol. The first kappa shape index (κ1) is 17.3. The predicted octanol–water partition coefficient (Wildman–Crippen LogP) is 5.93. The van der Waals surface area contributed by atoms with Crippen molar-refractivity contribution in [3.05, 3.63) is 88.8 Å². The topological polar surface area (TPSA) is 55.2 Å². The zero-order chi connectivity index (χ0) is 20.0. The molecule has 142 valence electrons. The summed E-state index contributed by atoms with van der Waals surface area (Å²) in [4.78, 5) is 15.6. The van der Waals surface area contributed by atoms with Gasteiger partial charge in [-0.3, -0.25) is 0 Å². The molecule has 5 rings (SSSR count). The molecular formula is C25H19NO3. The summed E-state index contributed by atoms with van der Waals surface area (Å²) in [5.41, 5.74) is 6.14. The molecule has 29 heavy (non-hydrogen) atoms. The van der Waals surface area contributed by atoms with Crippen molar-refractivity contribution >= 4 is 21.9 Å². The average molecular weight is 381 g/mol. The van der Waals surface area contributed by atoms with Crippen molar-refractivity contribution < 1.29 is 9.15 Å². The molecule has 2 aromatic heterocycles. The summed E-state index contributed by atoms with van der Waals surface area (Å²) in [5, 5.41) is 1.91. The van der Waals surface area contributed by atoms with Crippen LogP contribution < -0.4 is 10.4 Å². The lowest BCUT2D eigenvalue weighted by Gasteiger charge is -2.09. The van der Waals surface area contributed by atoms with Gasteiger partial charge in [0, 0.05) is 28.5 Å². The number of rotatable bonds is 3. The first-order chi connectivity index (χ1) is 14.2. The first-order valence-electron chi connectivity index (χ1n) is 9.45. The summed E-state index contributed by atoms with van der Waals surface area (Å²) in [6.07, 6.45) is 0. The number of methoxy groups -OCH3 is 1. The van der Waals surface area contributed by atoms with Gasteiger partial charge >= 0.3 is 5.63 Å². The Morgan fingerprint density at radius 3 is 2.17 bits per heavy atom. The molecule has 1 N–H and O–H groups in total. The van der Waals surface area contributed by atoms with E-state index in [1.54, 1.807) is 13.2 Å². The van der Waals surface area contributed by atoms with Crippen molar-refractivity contribution in [2.75, 3.05) is 7.11 Å². The van der Waals surface area contributed by atoms with Gasteiger partial charge in [0.15, 0.2) is 0 Å². The Labute approximate surface area is 167 Å². The third-order valence-electron chi connectivity index (χ3n) is 5.29. The lowest BCUT2D eigenvalue weighted by molar-refractivity contribution is 0.418. The van der Waals surface area contributed by atoms with E-state index >= 15 is 0 Å². The van der Waals surface area contributed by atoms with Crippen molar-refractivity contribution in [3.63, 3.8) is 0 Å². The van der Waals surface area contributed by atoms with Crippen LogP contribution in [0.25, 0.3) is 44.3 Å². The van der Waals surface area contributed by atoms with Crippen molar-refractivity contribution in [1.29, 1.82) is 0 Å². The first-order valence-corrected chi connectivity index (χ1v) is 9.45. The van der Waals surface area contributed by atoms with Gasteiger partial charge in [-0.2, -0.15) is 0 Å². The Morgan fingerprint density at radius 1 is 0.862 bits per heavy atom. The van der Waals surface area contributed by atoms with E-state index in [0.29, 0.717) is 11.3 Å². The molecule has 0 amide bonds. The third-order valence-corrected chi connectivity index (χ3v) is 5.29. The minimum atomic E-state index is -0.364. The normalized spacial score (nSPS) is 11.2. The van der Waals surface area contributed by atoms with Crippen molar-refractivity contribution in [2.24, 2.45) is 0 Å². The Hall–Kier alpha value is -3.79. The Morgan fingerprint density at radius 2 is 1.52 bits per heavy atom. The third kappa shape index (κ3) is 2.72. The number of nitrogens with one attached hydrogen (secondary N) is 1. The van der Waals surface area contributed by atoms with Crippen LogP contribution in [0.2, 0.25) is 0 Å². The van der Waals surface area contributed by atoms with E-state index in [1.807, 2.05) is 43.3 Å². The number of aromatic amines is 1. The lowest BCUT2D eigenvalue weighted by atomic mass is 9.95. The van der Waals surface area contributed by atoms with E-state index in [2.05, 4.69) is 29.2 Å². The molecule has 2 heterocycles. The molecule has 0 atom stereocenters. The van der Waals surface area contributed by atoms with Crippen LogP contribution >= 0.6 is 0 Å². The summed E-state index contributed by atoms with van der Waals surface area (Å²) in [7, 11) is 1.62. The van der Waals surface area contributed by atoms with Crippen molar-refractivity contribution in [2.45, 2.75) is 6.92 Å². The highest BCUT2D eigenvalue weighted by molar-refractivity contribution is 6.19. The van der Waals surface area contributed by atoms with E-state index in [9.17, 15) is 4.79 Å². The molecule has 0 aliphatic rings. The van der Waals surface area contributed by atoms with Crippen LogP contribution in [0, 0.1) is 6.92 Å². The zero-order valence-electron chi connectivity index (χ0n) is 16.2. The van der Waals surface area contributed by atoms with Gasteiger partial charge in [-0.05, 0) is 23.6 Å². The van der Waals surface area contributed by atoms with Crippen LogP contribution in [0.3, 0.4) is 0 Å². The van der Waals surface area contributed by atoms with Gasteiger partial charge in [0.1, 0.15) is 11.3 Å². The minimum Gasteiger partial charge on any atom is -0.494 e. The van der Waals surface area contributed by atoms with Gasteiger partial charge < -0.3 is 14.1 Å². The minimum absolute atomic E-state index is 0.364. The van der Waals surface area contributed by atoms with Gasteiger partial charge in [-0.25, -0.2) is 4.79 Å². The molecule has 0 saturated carbocycles. The lowest BCUT2D eigenvalue weighted by Crippen LogP contribution is -1.99. The molecule has 0 saturated heterocycles. The van der Waals surface area contributed by atoms with E-state index in [1.165, 1.54) is 6.07 Å². The standard InChI is InChI=1S/C25H19NO3/c1-15-13-20(27)29-18-14-19(28-2)25-23(21(15)18)22(16-9-5-3-6-10-16)24(26-25)17-11-7-4-8-12-17/h3-14,26H,1-2H3. The van der Waals surface area contributed by atoms with Gasteiger partial charge in [-0.15, -0.1) is 0 Å². The number of H-pyrrole nitrogens is 1. The largest absolute Gasteiger partial charge is 0.494 e. The molecular weight excluding hydrogens is 362 g/mol. The van der Waals surface area contributed by atoms with Crippen LogP contribution in [-0.2, 0) is 0 Å². The molecule has 0 aliphatic heterocycles. The Bertz CT molecular complexity index is 1400. The van der Waals surface area contributed by atoms with E-state index in [4.69, 9.17) is 9.15 Å². The highest BCUT2D eigenvalue weighted by Gasteiger charge is 2.22. The second kappa shape index (κ2) is 6.67. The molecule has 4 nitrogen and oxygen atoms in total. The van der Waals surface area contributed by atoms with E-state index in [-0.39, 0.29) is 5.63 Å². The number of benzene rings is 3. The van der Waals surface area contributed by atoms with Gasteiger partial charge in [0.2, 0.25) is 0 Å². The number of fused-ring (bicyclic) bond motifs is 3. The molecule has 0 radical (unpaired) electrons. The van der Waals surface area contributed by atoms with Crippen molar-refractivity contribution in [3.8, 4) is 28.1 Å². The van der Waals surface area contributed by atoms with Gasteiger partial charge in [-0.1, -0.05) is 60.7 Å². The maximum Gasteiger partial charge on any atom is 0.336 e. The smallest absolute Gasteiger partial charge is 0.336 e. The zero-order valence-corrected chi connectivity index (χ0v) is 16.2. The molecule has 4 heteroatoms. The molecule has 0 bridgehead atoms. The number of hydrogen-bond acceptors (Lipinski definition) is 3. The van der Waals surface area contributed by atoms with Crippen LogP contribution in [0.5, 0.6) is 5.75 Å². The van der Waals surface area contributed by atoms with Crippen LogP contribution in [0.15, 0.2) is 82.0 Å². The van der Waals surface area contributed by atoms with Crippen LogP contribution in [0.4, 0.5) is 0 Å². The molecule has 5 aromatic rings. The Kier molecular flexibility index (Phi) is 3.98. The number of aryl methyl sites for hydroxylation is 1. The monoisotopic (exact) mass is 381 g/mol. The number of hydrogen-bond donors (Lipinski definition) is 1. The fourth-order valence-electron chi connectivity index (χ4n) is 4.06. The second-order valence-corrected chi connectivity index (χ2v) is 7.06. The summed E-state index contributed by atoms with van der Waals surface area (Å²) < 4.78 is 11.2. The summed E-state index contributed by atoms with van der Waals surface area (Å²) in [5.74, 6) is 0.639. The van der Waals surface area contributed by atoms with Crippen LogP contribution in [-0.4, -0.2) is 12.1 Å². The van der Waals surface area contributed by atoms with E-state index < -0.39 is 0 Å². The summed E-state index contributed by atoms with van der Waals surface area (Å²) >= 11 is 0. The Balaban J connectivity index is 2.04. The summed E-state index contributed by atoms with van der Waals surface area (Å²) in [6.45, 7) is 1.94. The fourth-order valence-corrected chi connectivity index (χ4v) is 4.06. The van der Waals surface area contributed by atoms with Gasteiger partial charge in [0.25, 0.3) is 0 Å². The maximum absolute atomic E-state index is 12.0. The van der Waals surface area contributed by atoms with Crippen molar-refractivity contribution in [1.82, 2.24) is 4.98 Å². The highest BCUT2D eigenvalue weighted by atomic mass is 16.5. The molecule has 0 aliphatic carbocycles. The quantitative estimate of drug-likeness (QED) is 0.394. The SMILES string of the molecule is COc1cc2oc(=O)cc(C)c2c2c(-c3ccccc3)c(-c3ccccc3)[nH]c12. The average Bonchev–Trinajstić information content (AvgIpc) is 3.14. The van der Waals surface area contributed by atoms with Crippen LogP contribution in [0.1, 0.15) is 5.56 Å². The summed E-state index contributed by atoms with van der Waals surface area (Å²) in [6, 6.07) is 23.8. The van der Waals surface area contributed by atoms with E-state index in [0.717, 1.165) is 44.2 Å². The second-order valence-electron chi connectivity index (χ2n) is 7.06. The highest BCUT2D eigenvalue weighted by Crippen LogP contribution is 2.45. The fraction of sp³-hybridized carbons (Fsp3) is 0.0800. The molecule has 0 unspecified atom stereocenters. The number of aromatic nitrogens is 1. The van der Waals surface area contributed by atoms with Gasteiger partial charge in [0.05, 0.1) is 18.3 Å². The number of ether oxygens (including phenoxy) is 1.